The van der Waals surface area contributed by atoms with E-state index < -0.39 is 11.7 Å². The first-order valence-corrected chi connectivity index (χ1v) is 5.63. The maximum Gasteiger partial charge on any atom is 0.416 e. The summed E-state index contributed by atoms with van der Waals surface area (Å²) in [5.74, 6) is 0.650. The highest BCUT2D eigenvalue weighted by Gasteiger charge is 2.33. The number of hydrogen-bond donors (Lipinski definition) is 0. The molecule has 1 aliphatic carbocycles. The van der Waals surface area contributed by atoms with Crippen molar-refractivity contribution >= 4 is 5.57 Å². The summed E-state index contributed by atoms with van der Waals surface area (Å²) in [6, 6.07) is 7.10. The second-order valence-electron chi connectivity index (χ2n) is 4.10. The summed E-state index contributed by atoms with van der Waals surface area (Å²) in [5, 5.41) is 0. The van der Waals surface area contributed by atoms with Gasteiger partial charge in [-0.05, 0) is 42.2 Å². The smallest absolute Gasteiger partial charge is 0.416 e. The molecule has 0 saturated heterocycles. The van der Waals surface area contributed by atoms with Crippen LogP contribution in [0.5, 0.6) is 5.75 Å². The van der Waals surface area contributed by atoms with Crippen LogP contribution in [-0.4, -0.2) is 13.3 Å². The largest absolute Gasteiger partial charge is 0.497 e. The summed E-state index contributed by atoms with van der Waals surface area (Å²) >= 11 is 0. The maximum atomic E-state index is 12.6. The van der Waals surface area contributed by atoms with Crippen LogP contribution in [0.1, 0.15) is 18.4 Å². The third-order valence-corrected chi connectivity index (χ3v) is 2.88. The van der Waals surface area contributed by atoms with Crippen LogP contribution in [0.3, 0.4) is 0 Å². The monoisotopic (exact) mass is 254 g/mol. The number of halogens is 3. The minimum Gasteiger partial charge on any atom is -0.497 e. The molecule has 0 N–H and O–H groups in total. The predicted octanol–water partition coefficient (Wildman–Crippen LogP) is 4.36. The maximum absolute atomic E-state index is 12.6. The van der Waals surface area contributed by atoms with Gasteiger partial charge in [0.25, 0.3) is 0 Å². The van der Waals surface area contributed by atoms with Crippen molar-refractivity contribution in [1.29, 1.82) is 0 Å². The van der Waals surface area contributed by atoms with Crippen molar-refractivity contribution < 1.29 is 17.9 Å². The van der Waals surface area contributed by atoms with E-state index >= 15 is 0 Å². The third kappa shape index (κ3) is 2.75. The number of alkyl halides is 3. The highest BCUT2D eigenvalue weighted by atomic mass is 19.4. The molecule has 1 nitrogen and oxygen atoms in total. The van der Waals surface area contributed by atoms with Gasteiger partial charge in [-0.25, -0.2) is 0 Å². The Morgan fingerprint density at radius 1 is 1.22 bits per heavy atom. The van der Waals surface area contributed by atoms with Crippen LogP contribution in [0.15, 0.2) is 42.0 Å². The van der Waals surface area contributed by atoms with Gasteiger partial charge in [-0.3, -0.25) is 0 Å². The summed E-state index contributed by atoms with van der Waals surface area (Å²) in [6.45, 7) is 0. The van der Waals surface area contributed by atoms with E-state index in [1.54, 1.807) is 24.3 Å². The van der Waals surface area contributed by atoms with Crippen molar-refractivity contribution in [3.8, 4) is 5.75 Å². The fourth-order valence-electron chi connectivity index (χ4n) is 1.95. The fraction of sp³-hybridized carbons (Fsp3) is 0.286. The van der Waals surface area contributed by atoms with Gasteiger partial charge in [0.1, 0.15) is 5.75 Å². The van der Waals surface area contributed by atoms with Crippen LogP contribution in [0.25, 0.3) is 5.57 Å². The Balaban J connectivity index is 2.33. The Morgan fingerprint density at radius 2 is 2.00 bits per heavy atom. The van der Waals surface area contributed by atoms with Crippen molar-refractivity contribution in [1.82, 2.24) is 0 Å². The van der Waals surface area contributed by atoms with Crippen LogP contribution in [0.4, 0.5) is 13.2 Å². The Labute approximate surface area is 104 Å². The molecule has 0 atom stereocenters. The lowest BCUT2D eigenvalue weighted by molar-refractivity contribution is -0.0885. The zero-order chi connectivity index (χ0) is 13.2. The molecular weight excluding hydrogens is 241 g/mol. The summed E-state index contributed by atoms with van der Waals surface area (Å²) < 4.78 is 43.0. The number of rotatable bonds is 2. The first-order valence-electron chi connectivity index (χ1n) is 5.63. The molecular formula is C14H13F3O. The van der Waals surface area contributed by atoms with Gasteiger partial charge in [0.15, 0.2) is 0 Å². The highest BCUT2D eigenvalue weighted by molar-refractivity contribution is 5.71. The van der Waals surface area contributed by atoms with Crippen molar-refractivity contribution in [2.45, 2.75) is 19.0 Å². The minimum absolute atomic E-state index is 0.415. The molecule has 0 fully saturated rings. The van der Waals surface area contributed by atoms with Crippen LogP contribution >= 0.6 is 0 Å². The van der Waals surface area contributed by atoms with Crippen LogP contribution in [0, 0.1) is 0 Å². The average molecular weight is 254 g/mol. The zero-order valence-electron chi connectivity index (χ0n) is 9.92. The molecule has 1 aliphatic rings. The Kier molecular flexibility index (Phi) is 3.45. The molecule has 0 heterocycles. The van der Waals surface area contributed by atoms with Gasteiger partial charge in [-0.1, -0.05) is 18.2 Å². The van der Waals surface area contributed by atoms with E-state index in [0.29, 0.717) is 24.2 Å². The van der Waals surface area contributed by atoms with Crippen LogP contribution < -0.4 is 4.74 Å². The second kappa shape index (κ2) is 4.88. The summed E-state index contributed by atoms with van der Waals surface area (Å²) in [7, 11) is 1.54. The van der Waals surface area contributed by atoms with Crippen molar-refractivity contribution in [2.75, 3.05) is 7.11 Å². The quantitative estimate of drug-likeness (QED) is 0.761. The molecule has 0 unspecified atom stereocenters. The first kappa shape index (κ1) is 12.7. The van der Waals surface area contributed by atoms with Crippen molar-refractivity contribution in [3.63, 3.8) is 0 Å². The lowest BCUT2D eigenvalue weighted by Gasteiger charge is -2.16. The number of benzene rings is 1. The van der Waals surface area contributed by atoms with Gasteiger partial charge >= 0.3 is 6.18 Å². The molecule has 0 saturated carbocycles. The number of ether oxygens (including phenoxy) is 1. The van der Waals surface area contributed by atoms with E-state index in [1.807, 2.05) is 0 Å². The summed E-state index contributed by atoms with van der Waals surface area (Å²) in [5.41, 5.74) is 0.916. The van der Waals surface area contributed by atoms with E-state index in [-0.39, 0.29) is 0 Å². The Bertz CT molecular complexity index is 498. The molecule has 0 aromatic heterocycles. The third-order valence-electron chi connectivity index (χ3n) is 2.88. The molecule has 0 aliphatic heterocycles. The lowest BCUT2D eigenvalue weighted by atomic mass is 9.93. The normalized spacial score (nSPS) is 16.0. The molecule has 0 radical (unpaired) electrons. The molecule has 96 valence electrons. The Hall–Kier alpha value is -1.71. The number of allylic oxidation sites excluding steroid dienone is 4. The van der Waals surface area contributed by atoms with Gasteiger partial charge in [-0.2, -0.15) is 13.2 Å². The van der Waals surface area contributed by atoms with Gasteiger partial charge in [0.2, 0.25) is 0 Å². The van der Waals surface area contributed by atoms with Gasteiger partial charge in [0, 0.05) is 0 Å². The van der Waals surface area contributed by atoms with Crippen LogP contribution in [-0.2, 0) is 0 Å². The zero-order valence-corrected chi connectivity index (χ0v) is 9.92. The molecule has 1 aromatic carbocycles. The van der Waals surface area contributed by atoms with Crippen molar-refractivity contribution in [2.24, 2.45) is 0 Å². The minimum atomic E-state index is -4.27. The summed E-state index contributed by atoms with van der Waals surface area (Å²) in [6.07, 6.45) is -0.781. The standard InChI is InChI=1S/C14H13F3O/c1-18-13-7-3-5-11(9-13)10-4-2-6-12(8-10)14(15,16)17/h3,5-9H,2,4H2,1H3. The second-order valence-corrected chi connectivity index (χ2v) is 4.10. The number of hydrogen-bond acceptors (Lipinski definition) is 1. The van der Waals surface area contributed by atoms with E-state index in [4.69, 9.17) is 4.74 Å². The molecule has 0 spiro atoms. The molecule has 0 amide bonds. The molecule has 18 heavy (non-hydrogen) atoms. The Morgan fingerprint density at radius 3 is 2.67 bits per heavy atom. The topological polar surface area (TPSA) is 9.23 Å². The fourth-order valence-corrected chi connectivity index (χ4v) is 1.95. The van der Waals surface area contributed by atoms with E-state index in [0.717, 1.165) is 5.56 Å². The molecule has 4 heteroatoms. The van der Waals surface area contributed by atoms with E-state index in [1.165, 1.54) is 19.3 Å². The van der Waals surface area contributed by atoms with Gasteiger partial charge < -0.3 is 4.74 Å². The van der Waals surface area contributed by atoms with Crippen molar-refractivity contribution in [3.05, 3.63) is 47.6 Å². The average Bonchev–Trinajstić information content (AvgIpc) is 2.38. The molecule has 1 aromatic rings. The van der Waals surface area contributed by atoms with E-state index in [9.17, 15) is 13.2 Å². The van der Waals surface area contributed by atoms with E-state index in [2.05, 4.69) is 0 Å². The SMILES string of the molecule is COc1cccc(C2=CC(C(F)(F)F)=CCC2)c1. The predicted molar refractivity (Wildman–Crippen MR) is 64.3 cm³/mol. The van der Waals surface area contributed by atoms with Gasteiger partial charge in [0.05, 0.1) is 12.7 Å². The lowest BCUT2D eigenvalue weighted by Crippen LogP contribution is -2.12. The molecule has 2 rings (SSSR count). The van der Waals surface area contributed by atoms with Gasteiger partial charge in [-0.15, -0.1) is 0 Å². The highest BCUT2D eigenvalue weighted by Crippen LogP contribution is 2.35. The first-order chi connectivity index (χ1) is 8.50. The van der Waals surface area contributed by atoms with Crippen LogP contribution in [0.2, 0.25) is 0 Å². The molecule has 0 bridgehead atoms. The summed E-state index contributed by atoms with van der Waals surface area (Å²) in [4.78, 5) is 0. The number of methoxy groups -OCH3 is 1.